The molecule has 0 spiro atoms. The van der Waals surface area contributed by atoms with Crippen molar-refractivity contribution in [3.63, 3.8) is 0 Å². The van der Waals surface area contributed by atoms with E-state index in [1.165, 1.54) is 0 Å². The first-order valence-electron chi connectivity index (χ1n) is 7.12. The zero-order valence-corrected chi connectivity index (χ0v) is 11.9. The molecule has 0 radical (unpaired) electrons. The number of hydrogen-bond donors (Lipinski definition) is 1. The molecule has 1 N–H and O–H groups in total. The van der Waals surface area contributed by atoms with Gasteiger partial charge in [-0.05, 0) is 44.8 Å². The molecular weight excluding hydrogens is 228 g/mol. The molecule has 2 aliphatic heterocycles. The topological polar surface area (TPSA) is 41.6 Å². The predicted octanol–water partition coefficient (Wildman–Crippen LogP) is 1.26. The maximum atomic E-state index is 11.9. The Bertz CT molecular complexity index is 308. The van der Waals surface area contributed by atoms with E-state index in [-0.39, 0.29) is 23.4 Å². The summed E-state index contributed by atoms with van der Waals surface area (Å²) in [4.78, 5) is 14.2. The van der Waals surface area contributed by atoms with Crippen molar-refractivity contribution in [1.82, 2.24) is 10.2 Å². The third-order valence-electron chi connectivity index (χ3n) is 4.48. The summed E-state index contributed by atoms with van der Waals surface area (Å²) in [7, 11) is 2.16. The molecule has 104 valence electrons. The number of hydrogen-bond acceptors (Lipinski definition) is 4. The normalized spacial score (nSPS) is 36.3. The molecule has 0 aromatic heterocycles. The number of esters is 1. The van der Waals surface area contributed by atoms with Gasteiger partial charge in [-0.15, -0.1) is 0 Å². The van der Waals surface area contributed by atoms with Gasteiger partial charge >= 0.3 is 5.97 Å². The molecule has 0 aromatic rings. The molecule has 0 amide bonds. The number of nitrogens with one attached hydrogen (secondary N) is 1. The molecule has 2 bridgehead atoms. The zero-order valence-electron chi connectivity index (χ0n) is 11.9. The van der Waals surface area contributed by atoms with E-state index in [2.05, 4.69) is 31.1 Å². The van der Waals surface area contributed by atoms with Gasteiger partial charge in [0.15, 0.2) is 0 Å². The molecule has 2 saturated heterocycles. The Morgan fingerprint density at radius 3 is 2.94 bits per heavy atom. The van der Waals surface area contributed by atoms with Crippen LogP contribution in [0.4, 0.5) is 0 Å². The van der Waals surface area contributed by atoms with Gasteiger partial charge in [0.05, 0.1) is 5.92 Å². The molecule has 4 heteroatoms. The average molecular weight is 254 g/mol. The van der Waals surface area contributed by atoms with Gasteiger partial charge in [0.1, 0.15) is 6.10 Å². The first-order valence-corrected chi connectivity index (χ1v) is 7.12. The minimum absolute atomic E-state index is 0.0116. The highest BCUT2D eigenvalue weighted by Gasteiger charge is 2.41. The highest BCUT2D eigenvalue weighted by Crippen LogP contribution is 2.39. The highest BCUT2D eigenvalue weighted by molar-refractivity contribution is 5.73. The second kappa shape index (κ2) is 5.57. The number of rotatable bonds is 4. The largest absolute Gasteiger partial charge is 0.461 e. The van der Waals surface area contributed by atoms with E-state index in [0.29, 0.717) is 0 Å². The van der Waals surface area contributed by atoms with Crippen LogP contribution in [0.15, 0.2) is 0 Å². The van der Waals surface area contributed by atoms with Gasteiger partial charge in [-0.25, -0.2) is 0 Å². The van der Waals surface area contributed by atoms with E-state index in [9.17, 15) is 4.79 Å². The molecular formula is C14H26N2O2. The molecule has 2 rings (SSSR count). The fourth-order valence-corrected chi connectivity index (χ4v) is 3.12. The van der Waals surface area contributed by atoms with Crippen LogP contribution in [0.3, 0.4) is 0 Å². The standard InChI is InChI=1S/C14H26N2O2/c1-4-16(3)6-5-14(2)7-11-9-15-10-12(8-14)18-13(11)17/h11-12,15H,4-10H2,1-3H3/t11?,12?,14-/m0/s1. The van der Waals surface area contributed by atoms with Crippen molar-refractivity contribution in [3.8, 4) is 0 Å². The smallest absolute Gasteiger partial charge is 0.310 e. The zero-order chi connectivity index (χ0) is 13.2. The average Bonchev–Trinajstić information content (AvgIpc) is 2.54. The molecule has 4 nitrogen and oxygen atoms in total. The van der Waals surface area contributed by atoms with E-state index in [1.54, 1.807) is 0 Å². The van der Waals surface area contributed by atoms with Crippen molar-refractivity contribution in [1.29, 1.82) is 0 Å². The maximum Gasteiger partial charge on any atom is 0.310 e. The number of nitrogens with zero attached hydrogens (tertiary/aromatic N) is 1. The third kappa shape index (κ3) is 3.23. The van der Waals surface area contributed by atoms with Crippen LogP contribution < -0.4 is 5.32 Å². The Morgan fingerprint density at radius 2 is 2.22 bits per heavy atom. The van der Waals surface area contributed by atoms with Gasteiger partial charge in [0, 0.05) is 13.1 Å². The van der Waals surface area contributed by atoms with Crippen LogP contribution in [0.2, 0.25) is 0 Å². The van der Waals surface area contributed by atoms with Gasteiger partial charge in [-0.2, -0.15) is 0 Å². The van der Waals surface area contributed by atoms with Crippen LogP contribution in [-0.2, 0) is 9.53 Å². The monoisotopic (exact) mass is 254 g/mol. The molecule has 3 atom stereocenters. The summed E-state index contributed by atoms with van der Waals surface area (Å²) in [6.45, 7) is 8.30. The lowest BCUT2D eigenvalue weighted by atomic mass is 9.74. The SMILES string of the molecule is CCN(C)CC[C@]1(C)CC2CNCC(C1)C(=O)O2. The Kier molecular flexibility index (Phi) is 4.28. The van der Waals surface area contributed by atoms with Crippen LogP contribution >= 0.6 is 0 Å². The number of carbonyl (C=O) groups excluding carboxylic acids is 1. The lowest BCUT2D eigenvalue weighted by Gasteiger charge is -2.34. The van der Waals surface area contributed by atoms with Crippen molar-refractivity contribution < 1.29 is 9.53 Å². The summed E-state index contributed by atoms with van der Waals surface area (Å²) in [5, 5.41) is 3.34. The summed E-state index contributed by atoms with van der Waals surface area (Å²) in [6, 6.07) is 0. The molecule has 0 aliphatic carbocycles. The number of fused-ring (bicyclic) bond motifs is 3. The summed E-state index contributed by atoms with van der Waals surface area (Å²) >= 11 is 0. The Hall–Kier alpha value is -0.610. The quantitative estimate of drug-likeness (QED) is 0.767. The van der Waals surface area contributed by atoms with Crippen molar-refractivity contribution >= 4 is 5.97 Å². The van der Waals surface area contributed by atoms with E-state index >= 15 is 0 Å². The number of ether oxygens (including phenoxy) is 1. The van der Waals surface area contributed by atoms with Crippen LogP contribution in [0.5, 0.6) is 0 Å². The molecule has 0 saturated carbocycles. The van der Waals surface area contributed by atoms with E-state index in [1.807, 2.05) is 0 Å². The lowest BCUT2D eigenvalue weighted by molar-refractivity contribution is -0.150. The van der Waals surface area contributed by atoms with E-state index in [4.69, 9.17) is 4.74 Å². The summed E-state index contributed by atoms with van der Waals surface area (Å²) in [5.74, 6) is 0.0620. The second-order valence-electron chi connectivity index (χ2n) is 6.28. The Balaban J connectivity index is 2.02. The molecule has 0 aromatic carbocycles. The van der Waals surface area contributed by atoms with Gasteiger partial charge in [0.2, 0.25) is 0 Å². The highest BCUT2D eigenvalue weighted by atomic mass is 16.5. The van der Waals surface area contributed by atoms with Crippen LogP contribution in [0.1, 0.15) is 33.1 Å². The van der Waals surface area contributed by atoms with Crippen molar-refractivity contribution in [2.24, 2.45) is 11.3 Å². The first-order chi connectivity index (χ1) is 8.52. The van der Waals surface area contributed by atoms with Gasteiger partial charge in [0.25, 0.3) is 0 Å². The fraction of sp³-hybridized carbons (Fsp3) is 0.929. The minimum atomic E-state index is 0.0116. The Morgan fingerprint density at radius 1 is 1.44 bits per heavy atom. The van der Waals surface area contributed by atoms with Crippen LogP contribution in [0, 0.1) is 11.3 Å². The molecule has 18 heavy (non-hydrogen) atoms. The molecule has 2 fully saturated rings. The first kappa shape index (κ1) is 13.8. The molecule has 2 aliphatic rings. The molecule has 2 heterocycles. The van der Waals surface area contributed by atoms with Crippen molar-refractivity contribution in [2.45, 2.75) is 39.2 Å². The maximum absolute atomic E-state index is 11.9. The summed E-state index contributed by atoms with van der Waals surface area (Å²) in [5.41, 5.74) is 0.243. The van der Waals surface area contributed by atoms with Crippen molar-refractivity contribution in [3.05, 3.63) is 0 Å². The summed E-state index contributed by atoms with van der Waals surface area (Å²) < 4.78 is 5.55. The third-order valence-corrected chi connectivity index (χ3v) is 4.48. The Labute approximate surface area is 110 Å². The molecule has 2 unspecified atom stereocenters. The second-order valence-corrected chi connectivity index (χ2v) is 6.28. The minimum Gasteiger partial charge on any atom is -0.461 e. The van der Waals surface area contributed by atoms with Gasteiger partial charge in [-0.3, -0.25) is 4.79 Å². The van der Waals surface area contributed by atoms with Gasteiger partial charge < -0.3 is 15.0 Å². The van der Waals surface area contributed by atoms with Crippen LogP contribution in [0.25, 0.3) is 0 Å². The van der Waals surface area contributed by atoms with Gasteiger partial charge in [-0.1, -0.05) is 13.8 Å². The van der Waals surface area contributed by atoms with E-state index in [0.717, 1.165) is 45.4 Å². The van der Waals surface area contributed by atoms with Crippen LogP contribution in [-0.4, -0.2) is 50.2 Å². The summed E-state index contributed by atoms with van der Waals surface area (Å²) in [6.07, 6.45) is 3.19. The lowest BCUT2D eigenvalue weighted by Crippen LogP contribution is -2.38. The predicted molar refractivity (Wildman–Crippen MR) is 71.4 cm³/mol. The fourth-order valence-electron chi connectivity index (χ4n) is 3.12. The van der Waals surface area contributed by atoms with Crippen molar-refractivity contribution in [2.75, 3.05) is 33.2 Å². The number of carbonyl (C=O) groups is 1. The van der Waals surface area contributed by atoms with E-state index < -0.39 is 0 Å².